The van der Waals surface area contributed by atoms with Crippen molar-refractivity contribution in [3.05, 3.63) is 22.8 Å². The lowest BCUT2D eigenvalue weighted by molar-refractivity contribution is 0.627. The standard InChI is InChI=1S/C13H24/c1-7-11(5)13(8-2)12(6)9-10(3)4/h9,11H,7-8H2,1-6H3/b13-12+. The Morgan fingerprint density at radius 3 is 2.00 bits per heavy atom. The van der Waals surface area contributed by atoms with Gasteiger partial charge < -0.3 is 0 Å². The van der Waals surface area contributed by atoms with Crippen LogP contribution in [0.4, 0.5) is 0 Å². The van der Waals surface area contributed by atoms with Gasteiger partial charge in [-0.05, 0) is 39.5 Å². The van der Waals surface area contributed by atoms with E-state index >= 15 is 0 Å². The molecule has 0 rings (SSSR count). The monoisotopic (exact) mass is 180 g/mol. The average Bonchev–Trinajstić information content (AvgIpc) is 2.03. The third-order valence-corrected chi connectivity index (χ3v) is 2.60. The lowest BCUT2D eigenvalue weighted by Gasteiger charge is -2.15. The fourth-order valence-corrected chi connectivity index (χ4v) is 1.79. The van der Waals surface area contributed by atoms with Gasteiger partial charge in [-0.2, -0.15) is 0 Å². The molecule has 0 radical (unpaired) electrons. The van der Waals surface area contributed by atoms with Crippen molar-refractivity contribution < 1.29 is 0 Å². The highest BCUT2D eigenvalue weighted by molar-refractivity contribution is 5.27. The molecule has 0 saturated carbocycles. The van der Waals surface area contributed by atoms with E-state index in [4.69, 9.17) is 0 Å². The molecular formula is C13H24. The minimum atomic E-state index is 0.737. The number of hydrogen-bond donors (Lipinski definition) is 0. The van der Waals surface area contributed by atoms with Crippen molar-refractivity contribution in [2.75, 3.05) is 0 Å². The Morgan fingerprint density at radius 2 is 1.69 bits per heavy atom. The maximum absolute atomic E-state index is 2.32. The van der Waals surface area contributed by atoms with Crippen molar-refractivity contribution >= 4 is 0 Å². The second-order valence-electron chi connectivity index (χ2n) is 4.09. The van der Waals surface area contributed by atoms with Gasteiger partial charge >= 0.3 is 0 Å². The van der Waals surface area contributed by atoms with Crippen LogP contribution in [-0.4, -0.2) is 0 Å². The predicted octanol–water partition coefficient (Wildman–Crippen LogP) is 4.73. The van der Waals surface area contributed by atoms with Crippen molar-refractivity contribution in [3.8, 4) is 0 Å². The van der Waals surface area contributed by atoms with E-state index in [1.54, 1.807) is 5.57 Å². The summed E-state index contributed by atoms with van der Waals surface area (Å²) < 4.78 is 0. The third kappa shape index (κ3) is 4.31. The van der Waals surface area contributed by atoms with Gasteiger partial charge in [0.2, 0.25) is 0 Å². The molecule has 0 heteroatoms. The van der Waals surface area contributed by atoms with Crippen LogP contribution in [0.5, 0.6) is 0 Å². The molecule has 0 aliphatic heterocycles. The smallest absolute Gasteiger partial charge is 0.0229 e. The fourth-order valence-electron chi connectivity index (χ4n) is 1.79. The molecule has 0 spiro atoms. The summed E-state index contributed by atoms with van der Waals surface area (Å²) >= 11 is 0. The highest BCUT2D eigenvalue weighted by Crippen LogP contribution is 2.22. The van der Waals surface area contributed by atoms with E-state index in [0.29, 0.717) is 0 Å². The topological polar surface area (TPSA) is 0 Å². The van der Waals surface area contributed by atoms with Crippen LogP contribution in [0.15, 0.2) is 22.8 Å². The van der Waals surface area contributed by atoms with Crippen molar-refractivity contribution in [1.29, 1.82) is 0 Å². The molecule has 0 fully saturated rings. The Labute approximate surface area is 83.7 Å². The molecule has 0 N–H and O–H groups in total. The SMILES string of the molecule is CC/C(=C(/C)C=C(C)C)C(C)CC. The first-order chi connectivity index (χ1) is 6.02. The van der Waals surface area contributed by atoms with Gasteiger partial charge in [-0.25, -0.2) is 0 Å². The number of hydrogen-bond acceptors (Lipinski definition) is 0. The van der Waals surface area contributed by atoms with E-state index in [-0.39, 0.29) is 0 Å². The summed E-state index contributed by atoms with van der Waals surface area (Å²) in [7, 11) is 0. The molecule has 0 aliphatic carbocycles. The number of rotatable bonds is 4. The first-order valence-electron chi connectivity index (χ1n) is 5.37. The lowest BCUT2D eigenvalue weighted by Crippen LogP contribution is -1.99. The van der Waals surface area contributed by atoms with Crippen LogP contribution in [-0.2, 0) is 0 Å². The molecule has 0 nitrogen and oxygen atoms in total. The van der Waals surface area contributed by atoms with Crippen molar-refractivity contribution in [1.82, 2.24) is 0 Å². The van der Waals surface area contributed by atoms with Gasteiger partial charge in [0.25, 0.3) is 0 Å². The molecule has 0 aliphatic rings. The second kappa shape index (κ2) is 6.01. The van der Waals surface area contributed by atoms with Gasteiger partial charge in [0.15, 0.2) is 0 Å². The average molecular weight is 180 g/mol. The van der Waals surface area contributed by atoms with Gasteiger partial charge in [0.1, 0.15) is 0 Å². The van der Waals surface area contributed by atoms with Gasteiger partial charge in [-0.3, -0.25) is 0 Å². The summed E-state index contributed by atoms with van der Waals surface area (Å²) in [6.07, 6.45) is 4.73. The maximum atomic E-state index is 2.32. The Hall–Kier alpha value is -0.520. The van der Waals surface area contributed by atoms with Crippen molar-refractivity contribution in [2.45, 2.75) is 54.4 Å². The summed E-state index contributed by atoms with van der Waals surface area (Å²) in [5.74, 6) is 0.737. The molecular weight excluding hydrogens is 156 g/mol. The Morgan fingerprint density at radius 1 is 1.15 bits per heavy atom. The van der Waals surface area contributed by atoms with Gasteiger partial charge in [-0.15, -0.1) is 0 Å². The molecule has 1 atom stereocenters. The third-order valence-electron chi connectivity index (χ3n) is 2.60. The van der Waals surface area contributed by atoms with E-state index in [1.807, 2.05) is 0 Å². The first kappa shape index (κ1) is 12.5. The Kier molecular flexibility index (Phi) is 5.77. The van der Waals surface area contributed by atoms with Crippen molar-refractivity contribution in [3.63, 3.8) is 0 Å². The van der Waals surface area contributed by atoms with Gasteiger partial charge in [0, 0.05) is 0 Å². The molecule has 0 amide bonds. The van der Waals surface area contributed by atoms with E-state index < -0.39 is 0 Å². The zero-order valence-corrected chi connectivity index (χ0v) is 10.1. The molecule has 0 heterocycles. The minimum Gasteiger partial charge on any atom is -0.0762 e. The van der Waals surface area contributed by atoms with E-state index in [2.05, 4.69) is 47.6 Å². The van der Waals surface area contributed by atoms with Crippen LogP contribution >= 0.6 is 0 Å². The van der Waals surface area contributed by atoms with Crippen LogP contribution < -0.4 is 0 Å². The molecule has 13 heavy (non-hydrogen) atoms. The Balaban J connectivity index is 4.79. The summed E-state index contributed by atoms with van der Waals surface area (Å²) in [6.45, 7) is 13.4. The highest BCUT2D eigenvalue weighted by atomic mass is 14.1. The first-order valence-corrected chi connectivity index (χ1v) is 5.37. The minimum absolute atomic E-state index is 0.737. The van der Waals surface area contributed by atoms with Crippen LogP contribution in [0.2, 0.25) is 0 Å². The summed E-state index contributed by atoms with van der Waals surface area (Å²) in [6, 6.07) is 0. The molecule has 1 unspecified atom stereocenters. The summed E-state index contributed by atoms with van der Waals surface area (Å²) in [5.41, 5.74) is 4.48. The highest BCUT2D eigenvalue weighted by Gasteiger charge is 2.06. The largest absolute Gasteiger partial charge is 0.0762 e. The fraction of sp³-hybridized carbons (Fsp3) is 0.692. The normalized spacial score (nSPS) is 14.9. The van der Waals surface area contributed by atoms with Crippen LogP contribution in [0.3, 0.4) is 0 Å². The Bertz CT molecular complexity index is 202. The molecule has 0 aromatic heterocycles. The van der Waals surface area contributed by atoms with Crippen LogP contribution in [0.25, 0.3) is 0 Å². The van der Waals surface area contributed by atoms with E-state index in [0.717, 1.165) is 5.92 Å². The molecule has 76 valence electrons. The molecule has 0 bridgehead atoms. The molecule has 0 saturated heterocycles. The van der Waals surface area contributed by atoms with E-state index in [1.165, 1.54) is 24.0 Å². The van der Waals surface area contributed by atoms with Crippen LogP contribution in [0, 0.1) is 5.92 Å². The zero-order valence-electron chi connectivity index (χ0n) is 10.1. The molecule has 0 aromatic rings. The molecule has 0 aromatic carbocycles. The van der Waals surface area contributed by atoms with Gasteiger partial charge in [-0.1, -0.05) is 43.6 Å². The van der Waals surface area contributed by atoms with Crippen molar-refractivity contribution in [2.24, 2.45) is 5.92 Å². The second-order valence-corrected chi connectivity index (χ2v) is 4.09. The van der Waals surface area contributed by atoms with Gasteiger partial charge in [0.05, 0.1) is 0 Å². The van der Waals surface area contributed by atoms with E-state index in [9.17, 15) is 0 Å². The maximum Gasteiger partial charge on any atom is -0.0229 e. The van der Waals surface area contributed by atoms with Crippen LogP contribution in [0.1, 0.15) is 54.4 Å². The number of allylic oxidation sites excluding steroid dienone is 4. The zero-order chi connectivity index (χ0) is 10.4. The lowest BCUT2D eigenvalue weighted by atomic mass is 9.91. The summed E-state index contributed by atoms with van der Waals surface area (Å²) in [5, 5.41) is 0. The summed E-state index contributed by atoms with van der Waals surface area (Å²) in [4.78, 5) is 0. The predicted molar refractivity (Wildman–Crippen MR) is 61.9 cm³/mol. The quantitative estimate of drug-likeness (QED) is 0.549.